The molecule has 7 nitrogen and oxygen atoms in total. The van der Waals surface area contributed by atoms with Gasteiger partial charge in [0.05, 0.1) is 12.0 Å². The molecule has 0 amide bonds. The molecule has 7 heteroatoms. The number of hydrogen-bond acceptors (Lipinski definition) is 7. The maximum Gasteiger partial charge on any atom is 0.341 e. The van der Waals surface area contributed by atoms with Crippen molar-refractivity contribution in [3.05, 3.63) is 23.8 Å². The van der Waals surface area contributed by atoms with E-state index >= 15 is 0 Å². The molecule has 1 aliphatic carbocycles. The molecule has 0 aromatic carbocycles. The van der Waals surface area contributed by atoms with Crippen LogP contribution >= 0.6 is 0 Å². The quantitative estimate of drug-likeness (QED) is 0.441. The molecular weight excluding hydrogens is 352 g/mol. The van der Waals surface area contributed by atoms with Crippen LogP contribution in [-0.4, -0.2) is 52.8 Å². The zero-order chi connectivity index (χ0) is 20.1. The van der Waals surface area contributed by atoms with E-state index in [0.717, 1.165) is 5.57 Å². The Hall–Kier alpha value is -1.99. The molecule has 1 N–H and O–H groups in total. The molecule has 148 valence electrons. The normalized spacial score (nSPS) is 42.1. The summed E-state index contributed by atoms with van der Waals surface area (Å²) >= 11 is 0. The fraction of sp³-hybridized carbons (Fsp3) is 0.650. The molecule has 3 rings (SSSR count). The Balaban J connectivity index is 1.92. The Labute approximate surface area is 158 Å². The van der Waals surface area contributed by atoms with Crippen LogP contribution in [0.1, 0.15) is 40.5 Å². The number of carbonyl (C=O) groups is 3. The van der Waals surface area contributed by atoms with Crippen LogP contribution in [0.2, 0.25) is 0 Å². The number of ketones is 1. The standard InChI is InChI=1S/C20H26O7/c1-9-6-13(21)8-10(2)17(26-19(24)20(5)12(4)27-20)16(22)15-11(3)18(23)25-14(15)7-9/h6,10,12,14-17,22H,3,7-8H2,1-2,4-5H3. The van der Waals surface area contributed by atoms with Crippen molar-refractivity contribution in [1.29, 1.82) is 0 Å². The third-order valence-electron chi connectivity index (χ3n) is 5.83. The summed E-state index contributed by atoms with van der Waals surface area (Å²) in [6, 6.07) is 0. The summed E-state index contributed by atoms with van der Waals surface area (Å²) < 4.78 is 16.3. The molecule has 0 aromatic rings. The van der Waals surface area contributed by atoms with Gasteiger partial charge in [-0.1, -0.05) is 19.1 Å². The number of carbonyl (C=O) groups excluding carboxylic acids is 3. The number of hydrogen-bond donors (Lipinski definition) is 1. The van der Waals surface area contributed by atoms with Crippen molar-refractivity contribution in [3.63, 3.8) is 0 Å². The zero-order valence-corrected chi connectivity index (χ0v) is 16.1. The number of rotatable bonds is 2. The Morgan fingerprint density at radius 1 is 1.33 bits per heavy atom. The summed E-state index contributed by atoms with van der Waals surface area (Å²) in [7, 11) is 0. The molecule has 2 saturated heterocycles. The van der Waals surface area contributed by atoms with Gasteiger partial charge in [0.2, 0.25) is 0 Å². The maximum absolute atomic E-state index is 12.5. The highest BCUT2D eigenvalue weighted by atomic mass is 16.7. The summed E-state index contributed by atoms with van der Waals surface area (Å²) in [6.07, 6.45) is -1.19. The number of esters is 2. The van der Waals surface area contributed by atoms with Gasteiger partial charge in [0.1, 0.15) is 18.3 Å². The maximum atomic E-state index is 12.5. The second kappa shape index (κ2) is 6.87. The Bertz CT molecular complexity index is 724. The second-order valence-corrected chi connectivity index (χ2v) is 8.06. The van der Waals surface area contributed by atoms with Crippen LogP contribution in [-0.2, 0) is 28.6 Å². The summed E-state index contributed by atoms with van der Waals surface area (Å²) in [6.45, 7) is 10.7. The number of epoxide rings is 1. The van der Waals surface area contributed by atoms with Crippen molar-refractivity contribution in [2.75, 3.05) is 0 Å². The first-order chi connectivity index (χ1) is 12.5. The molecule has 0 bridgehead atoms. The molecule has 0 aromatic heterocycles. The number of fused-ring (bicyclic) bond motifs is 1. The Kier molecular flexibility index (Phi) is 5.03. The number of aliphatic hydroxyl groups is 1. The first-order valence-electron chi connectivity index (χ1n) is 9.21. The van der Waals surface area contributed by atoms with Crippen LogP contribution in [0, 0.1) is 11.8 Å². The van der Waals surface area contributed by atoms with Gasteiger partial charge in [0.15, 0.2) is 11.4 Å². The average Bonchev–Trinajstić information content (AvgIpc) is 3.08. The van der Waals surface area contributed by atoms with Crippen molar-refractivity contribution in [1.82, 2.24) is 0 Å². The topological polar surface area (TPSA) is 102 Å². The van der Waals surface area contributed by atoms with E-state index in [1.54, 1.807) is 27.7 Å². The minimum Gasteiger partial charge on any atom is -0.458 e. The van der Waals surface area contributed by atoms with Crippen LogP contribution in [0.3, 0.4) is 0 Å². The summed E-state index contributed by atoms with van der Waals surface area (Å²) in [5.74, 6) is -2.46. The highest BCUT2D eigenvalue weighted by molar-refractivity contribution is 5.92. The van der Waals surface area contributed by atoms with Gasteiger partial charge in [-0.3, -0.25) is 4.79 Å². The summed E-state index contributed by atoms with van der Waals surface area (Å²) in [4.78, 5) is 36.9. The predicted molar refractivity (Wildman–Crippen MR) is 94.5 cm³/mol. The molecule has 0 radical (unpaired) electrons. The van der Waals surface area contributed by atoms with E-state index in [1.807, 2.05) is 0 Å². The molecule has 7 atom stereocenters. The molecular formula is C20H26O7. The van der Waals surface area contributed by atoms with Gasteiger partial charge in [-0.05, 0) is 26.8 Å². The molecule has 0 saturated carbocycles. The molecule has 2 fully saturated rings. The highest BCUT2D eigenvalue weighted by Crippen LogP contribution is 2.40. The van der Waals surface area contributed by atoms with Crippen LogP contribution in [0.5, 0.6) is 0 Å². The molecule has 27 heavy (non-hydrogen) atoms. The van der Waals surface area contributed by atoms with Gasteiger partial charge in [0.25, 0.3) is 0 Å². The predicted octanol–water partition coefficient (Wildman–Crippen LogP) is 1.48. The summed E-state index contributed by atoms with van der Waals surface area (Å²) in [5, 5.41) is 11.1. The smallest absolute Gasteiger partial charge is 0.341 e. The van der Waals surface area contributed by atoms with Crippen molar-refractivity contribution < 1.29 is 33.7 Å². The molecule has 2 heterocycles. The largest absolute Gasteiger partial charge is 0.458 e. The monoisotopic (exact) mass is 378 g/mol. The van der Waals surface area contributed by atoms with E-state index in [1.165, 1.54) is 6.08 Å². The lowest BCUT2D eigenvalue weighted by molar-refractivity contribution is -0.169. The second-order valence-electron chi connectivity index (χ2n) is 8.06. The van der Waals surface area contributed by atoms with Crippen molar-refractivity contribution in [2.45, 2.75) is 70.6 Å². The third-order valence-corrected chi connectivity index (χ3v) is 5.83. The van der Waals surface area contributed by atoms with Crippen LogP contribution in [0.4, 0.5) is 0 Å². The lowest BCUT2D eigenvalue weighted by Crippen LogP contribution is -2.47. The van der Waals surface area contributed by atoms with Crippen molar-refractivity contribution >= 4 is 17.7 Å². The van der Waals surface area contributed by atoms with Gasteiger partial charge in [0, 0.05) is 24.3 Å². The molecule has 7 unspecified atom stereocenters. The van der Waals surface area contributed by atoms with Crippen molar-refractivity contribution in [3.8, 4) is 0 Å². The Morgan fingerprint density at radius 2 is 1.96 bits per heavy atom. The minimum absolute atomic E-state index is 0.109. The molecule has 3 aliphatic rings. The van der Waals surface area contributed by atoms with E-state index < -0.39 is 47.7 Å². The lowest BCUT2D eigenvalue weighted by atomic mass is 9.80. The van der Waals surface area contributed by atoms with Crippen LogP contribution in [0.25, 0.3) is 0 Å². The fourth-order valence-electron chi connectivity index (χ4n) is 3.90. The zero-order valence-electron chi connectivity index (χ0n) is 16.1. The van der Waals surface area contributed by atoms with E-state index in [2.05, 4.69) is 6.58 Å². The first kappa shape index (κ1) is 19.8. The van der Waals surface area contributed by atoms with Gasteiger partial charge in [-0.25, -0.2) is 9.59 Å². The van der Waals surface area contributed by atoms with Gasteiger partial charge in [-0.2, -0.15) is 0 Å². The van der Waals surface area contributed by atoms with E-state index in [9.17, 15) is 19.5 Å². The van der Waals surface area contributed by atoms with Crippen molar-refractivity contribution in [2.24, 2.45) is 11.8 Å². The van der Waals surface area contributed by atoms with Gasteiger partial charge < -0.3 is 19.3 Å². The van der Waals surface area contributed by atoms with E-state index in [-0.39, 0.29) is 23.9 Å². The third kappa shape index (κ3) is 3.58. The lowest BCUT2D eigenvalue weighted by Gasteiger charge is -2.34. The van der Waals surface area contributed by atoms with Crippen LogP contribution < -0.4 is 0 Å². The molecule has 2 aliphatic heterocycles. The highest BCUT2D eigenvalue weighted by Gasteiger charge is 2.58. The van der Waals surface area contributed by atoms with Gasteiger partial charge in [-0.15, -0.1) is 0 Å². The average molecular weight is 378 g/mol. The fourth-order valence-corrected chi connectivity index (χ4v) is 3.90. The van der Waals surface area contributed by atoms with Crippen LogP contribution in [0.15, 0.2) is 23.8 Å². The number of ether oxygens (including phenoxy) is 3. The minimum atomic E-state index is -1.22. The SMILES string of the molecule is C=C1C(=O)OC2CC(C)=CC(=O)CC(C)C(OC(=O)C3(C)OC3C)C(O)C12. The van der Waals surface area contributed by atoms with E-state index in [4.69, 9.17) is 14.2 Å². The first-order valence-corrected chi connectivity index (χ1v) is 9.21. The Morgan fingerprint density at radius 3 is 2.56 bits per heavy atom. The summed E-state index contributed by atoms with van der Waals surface area (Å²) in [5.41, 5.74) is -0.129. The van der Waals surface area contributed by atoms with E-state index in [0.29, 0.717) is 6.42 Å². The number of allylic oxidation sites excluding steroid dienone is 1. The number of aliphatic hydroxyl groups excluding tert-OH is 1. The van der Waals surface area contributed by atoms with Gasteiger partial charge >= 0.3 is 11.9 Å². The molecule has 0 spiro atoms.